The van der Waals surface area contributed by atoms with Crippen LogP contribution in [0.15, 0.2) is 24.3 Å². The molecule has 2 atom stereocenters. The Morgan fingerprint density at radius 2 is 1.76 bits per heavy atom. The van der Waals surface area contributed by atoms with E-state index in [2.05, 4.69) is 26.1 Å². The second kappa shape index (κ2) is 8.13. The predicted molar refractivity (Wildman–Crippen MR) is 84.6 cm³/mol. The van der Waals surface area contributed by atoms with Gasteiger partial charge in [-0.05, 0) is 43.4 Å². The summed E-state index contributed by atoms with van der Waals surface area (Å²) in [5.41, 5.74) is 1.07. The van der Waals surface area contributed by atoms with Crippen molar-refractivity contribution < 1.29 is 9.18 Å². The molecule has 0 fully saturated rings. The minimum absolute atomic E-state index is 0.106. The molecule has 0 aliphatic heterocycles. The van der Waals surface area contributed by atoms with Crippen molar-refractivity contribution in [1.82, 2.24) is 10.2 Å². The van der Waals surface area contributed by atoms with Gasteiger partial charge in [-0.3, -0.25) is 4.79 Å². The number of hydrogen-bond acceptors (Lipinski definition) is 2. The van der Waals surface area contributed by atoms with Crippen LogP contribution in [0, 0.1) is 11.7 Å². The van der Waals surface area contributed by atoms with E-state index in [1.54, 1.807) is 31.1 Å². The zero-order valence-electron chi connectivity index (χ0n) is 13.7. The largest absolute Gasteiger partial charge is 0.347 e. The molecule has 3 nitrogen and oxygen atoms in total. The molecule has 1 amide bonds. The highest BCUT2D eigenvalue weighted by molar-refractivity contribution is 5.81. The van der Waals surface area contributed by atoms with E-state index < -0.39 is 0 Å². The highest BCUT2D eigenvalue weighted by Gasteiger charge is 2.22. The van der Waals surface area contributed by atoms with Crippen LogP contribution in [0.2, 0.25) is 0 Å². The van der Waals surface area contributed by atoms with E-state index in [1.165, 1.54) is 12.1 Å². The lowest BCUT2D eigenvalue weighted by atomic mass is 10.0. The average molecular weight is 294 g/mol. The molecule has 0 saturated carbocycles. The fourth-order valence-corrected chi connectivity index (χ4v) is 2.40. The van der Waals surface area contributed by atoms with E-state index in [0.29, 0.717) is 5.92 Å². The third-order valence-electron chi connectivity index (χ3n) is 3.39. The van der Waals surface area contributed by atoms with Crippen molar-refractivity contribution in [2.75, 3.05) is 14.1 Å². The quantitative estimate of drug-likeness (QED) is 0.838. The molecule has 21 heavy (non-hydrogen) atoms. The zero-order chi connectivity index (χ0) is 16.0. The molecule has 0 spiro atoms. The van der Waals surface area contributed by atoms with Gasteiger partial charge in [-0.25, -0.2) is 4.39 Å². The van der Waals surface area contributed by atoms with Gasteiger partial charge in [0.2, 0.25) is 5.91 Å². The maximum atomic E-state index is 12.9. The van der Waals surface area contributed by atoms with Crippen LogP contribution in [-0.4, -0.2) is 37.0 Å². The minimum atomic E-state index is -0.222. The van der Waals surface area contributed by atoms with E-state index in [4.69, 9.17) is 0 Å². The molecule has 0 aliphatic rings. The molecule has 0 saturated heterocycles. The summed E-state index contributed by atoms with van der Waals surface area (Å²) in [5.74, 6) is 0.332. The number of carbonyl (C=O) groups excluding carboxylic acids is 1. The van der Waals surface area contributed by atoms with Crippen LogP contribution in [0.5, 0.6) is 0 Å². The van der Waals surface area contributed by atoms with E-state index in [-0.39, 0.29) is 23.8 Å². The Morgan fingerprint density at radius 1 is 1.19 bits per heavy atom. The first-order valence-corrected chi connectivity index (χ1v) is 7.51. The number of amides is 1. The molecular formula is C17H27FN2O. The number of nitrogens with one attached hydrogen (secondary N) is 1. The Hall–Kier alpha value is -1.42. The van der Waals surface area contributed by atoms with Gasteiger partial charge in [0, 0.05) is 20.1 Å². The minimum Gasteiger partial charge on any atom is -0.347 e. The fraction of sp³-hybridized carbons (Fsp3) is 0.588. The van der Waals surface area contributed by atoms with Gasteiger partial charge in [0.05, 0.1) is 6.04 Å². The maximum absolute atomic E-state index is 12.9. The zero-order valence-corrected chi connectivity index (χ0v) is 13.7. The van der Waals surface area contributed by atoms with Gasteiger partial charge in [-0.15, -0.1) is 0 Å². The third kappa shape index (κ3) is 6.25. The van der Waals surface area contributed by atoms with Crippen LogP contribution in [0.3, 0.4) is 0 Å². The molecule has 1 aromatic carbocycles. The molecule has 1 rings (SSSR count). The van der Waals surface area contributed by atoms with Crippen LogP contribution >= 0.6 is 0 Å². The van der Waals surface area contributed by atoms with Crippen molar-refractivity contribution in [2.24, 2.45) is 5.92 Å². The second-order valence-corrected chi connectivity index (χ2v) is 6.31. The maximum Gasteiger partial charge on any atom is 0.239 e. The smallest absolute Gasteiger partial charge is 0.239 e. The molecule has 2 unspecified atom stereocenters. The Balaban J connectivity index is 2.64. The first-order valence-electron chi connectivity index (χ1n) is 7.51. The van der Waals surface area contributed by atoms with E-state index in [9.17, 15) is 9.18 Å². The Bertz CT molecular complexity index is 443. The van der Waals surface area contributed by atoms with Crippen molar-refractivity contribution >= 4 is 5.91 Å². The Kier molecular flexibility index (Phi) is 6.82. The van der Waals surface area contributed by atoms with Crippen LogP contribution in [0.25, 0.3) is 0 Å². The van der Waals surface area contributed by atoms with Gasteiger partial charge in [-0.1, -0.05) is 26.0 Å². The lowest BCUT2D eigenvalue weighted by molar-refractivity contribution is -0.131. The van der Waals surface area contributed by atoms with Crippen LogP contribution in [0.4, 0.5) is 4.39 Å². The molecule has 0 heterocycles. The summed E-state index contributed by atoms with van der Waals surface area (Å²) < 4.78 is 12.9. The summed E-state index contributed by atoms with van der Waals surface area (Å²) >= 11 is 0. The highest BCUT2D eigenvalue weighted by Crippen LogP contribution is 2.10. The first-order chi connectivity index (χ1) is 9.79. The molecule has 0 radical (unpaired) electrons. The summed E-state index contributed by atoms with van der Waals surface area (Å²) in [7, 11) is 3.56. The molecule has 0 aromatic heterocycles. The second-order valence-electron chi connectivity index (χ2n) is 6.31. The standard InChI is InChI=1S/C17H27FN2O/c1-12(2)10-16(17(21)20(4)5)19-13(3)11-14-6-8-15(18)9-7-14/h6-9,12-13,16,19H,10-11H2,1-5H3. The summed E-state index contributed by atoms with van der Waals surface area (Å²) in [5, 5.41) is 3.41. The van der Waals surface area contributed by atoms with Crippen LogP contribution in [0.1, 0.15) is 32.8 Å². The summed E-state index contributed by atoms with van der Waals surface area (Å²) in [6.07, 6.45) is 1.58. The molecule has 1 aromatic rings. The third-order valence-corrected chi connectivity index (χ3v) is 3.39. The monoisotopic (exact) mass is 294 g/mol. The first kappa shape index (κ1) is 17.6. The number of hydrogen-bond donors (Lipinski definition) is 1. The van der Waals surface area contributed by atoms with Gasteiger partial charge in [-0.2, -0.15) is 0 Å². The topological polar surface area (TPSA) is 32.3 Å². The van der Waals surface area contributed by atoms with Crippen molar-refractivity contribution in [1.29, 1.82) is 0 Å². The number of carbonyl (C=O) groups is 1. The lowest BCUT2D eigenvalue weighted by Crippen LogP contribution is -2.48. The predicted octanol–water partition coefficient (Wildman–Crippen LogP) is 2.85. The summed E-state index contributed by atoms with van der Waals surface area (Å²) in [6, 6.07) is 6.51. The molecule has 4 heteroatoms. The molecule has 0 aliphatic carbocycles. The van der Waals surface area contributed by atoms with E-state index >= 15 is 0 Å². The Morgan fingerprint density at radius 3 is 2.24 bits per heavy atom. The van der Waals surface area contributed by atoms with Crippen molar-refractivity contribution in [2.45, 2.75) is 45.7 Å². The Labute approximate surface area is 127 Å². The van der Waals surface area contributed by atoms with Gasteiger partial charge in [0.1, 0.15) is 5.82 Å². The summed E-state index contributed by atoms with van der Waals surface area (Å²) in [6.45, 7) is 6.28. The number of benzene rings is 1. The normalized spacial score (nSPS) is 14.0. The SMILES string of the molecule is CC(C)CC(NC(C)Cc1ccc(F)cc1)C(=O)N(C)C. The van der Waals surface area contributed by atoms with Gasteiger partial charge < -0.3 is 10.2 Å². The van der Waals surface area contributed by atoms with Crippen LogP contribution < -0.4 is 5.32 Å². The molecular weight excluding hydrogens is 267 g/mol. The number of rotatable bonds is 7. The van der Waals surface area contributed by atoms with Crippen molar-refractivity contribution in [3.63, 3.8) is 0 Å². The van der Waals surface area contributed by atoms with Crippen LogP contribution in [-0.2, 0) is 11.2 Å². The van der Waals surface area contributed by atoms with E-state index in [0.717, 1.165) is 18.4 Å². The number of nitrogens with zero attached hydrogens (tertiary/aromatic N) is 1. The lowest BCUT2D eigenvalue weighted by Gasteiger charge is -2.26. The number of likely N-dealkylation sites (N-methyl/N-ethyl adjacent to an activating group) is 1. The summed E-state index contributed by atoms with van der Waals surface area (Å²) in [4.78, 5) is 13.9. The highest BCUT2D eigenvalue weighted by atomic mass is 19.1. The fourth-order valence-electron chi connectivity index (χ4n) is 2.40. The van der Waals surface area contributed by atoms with Crippen molar-refractivity contribution in [3.8, 4) is 0 Å². The van der Waals surface area contributed by atoms with Gasteiger partial charge in [0.25, 0.3) is 0 Å². The van der Waals surface area contributed by atoms with Crippen molar-refractivity contribution in [3.05, 3.63) is 35.6 Å². The van der Waals surface area contributed by atoms with Gasteiger partial charge in [0.15, 0.2) is 0 Å². The molecule has 118 valence electrons. The molecule has 1 N–H and O–H groups in total. The van der Waals surface area contributed by atoms with E-state index in [1.807, 2.05) is 0 Å². The molecule has 0 bridgehead atoms. The average Bonchev–Trinajstić information content (AvgIpc) is 2.39. The van der Waals surface area contributed by atoms with Gasteiger partial charge >= 0.3 is 0 Å². The number of halogens is 1.